The van der Waals surface area contributed by atoms with Crippen molar-refractivity contribution in [3.8, 4) is 22.5 Å². The second-order valence-corrected chi connectivity index (χ2v) is 18.9. The first-order chi connectivity index (χ1) is 29.8. The van der Waals surface area contributed by atoms with Gasteiger partial charge >= 0.3 is 0 Å². The molecular weight excluding hydrogens is 766 g/mol. The predicted molar refractivity (Wildman–Crippen MR) is 260 cm³/mol. The second-order valence-electron chi connectivity index (χ2n) is 16.7. The third-order valence-corrected chi connectivity index (χ3v) is 16.2. The summed E-state index contributed by atoms with van der Waals surface area (Å²) < 4.78 is 10.8. The lowest BCUT2D eigenvalue weighted by Gasteiger charge is -2.34. The summed E-state index contributed by atoms with van der Waals surface area (Å²) in [6.45, 7) is 0.0872. The van der Waals surface area contributed by atoms with Crippen LogP contribution in [-0.2, 0) is 6.42 Å². The first-order valence-electron chi connectivity index (χ1n) is 20.9. The van der Waals surface area contributed by atoms with Gasteiger partial charge in [-0.3, -0.25) is 0 Å². The molecule has 4 aromatic heterocycles. The van der Waals surface area contributed by atoms with E-state index in [2.05, 4.69) is 178 Å². The van der Waals surface area contributed by atoms with E-state index in [1.165, 1.54) is 134 Å². The summed E-state index contributed by atoms with van der Waals surface area (Å²) in [6.07, 6.45) is 4.47. The van der Waals surface area contributed by atoms with E-state index in [0.717, 1.165) is 12.8 Å². The van der Waals surface area contributed by atoms with Crippen LogP contribution in [0.15, 0.2) is 158 Å². The average Bonchev–Trinajstić information content (AvgIpc) is 3.96. The van der Waals surface area contributed by atoms with Crippen molar-refractivity contribution in [1.82, 2.24) is 9.13 Å². The Morgan fingerprint density at radius 1 is 0.533 bits per heavy atom. The van der Waals surface area contributed by atoms with E-state index in [1.54, 1.807) is 0 Å². The fourth-order valence-electron chi connectivity index (χ4n) is 11.4. The molecule has 3 aliphatic rings. The van der Waals surface area contributed by atoms with Crippen molar-refractivity contribution in [2.45, 2.75) is 12.8 Å². The zero-order valence-electron chi connectivity index (χ0n) is 32.3. The van der Waals surface area contributed by atoms with E-state index in [0.29, 0.717) is 0 Å². The fraction of sp³-hybridized carbons (Fsp3) is 0.0370. The predicted octanol–water partition coefficient (Wildman–Crippen LogP) is 12.0. The van der Waals surface area contributed by atoms with Crippen LogP contribution >= 0.6 is 22.7 Å². The van der Waals surface area contributed by atoms with Crippen molar-refractivity contribution >= 4 is 136 Å². The minimum absolute atomic E-state index is 0.0872. The van der Waals surface area contributed by atoms with Gasteiger partial charge in [0.15, 0.2) is 0 Å². The molecule has 278 valence electrons. The van der Waals surface area contributed by atoms with Gasteiger partial charge in [0.25, 0.3) is 6.71 Å². The van der Waals surface area contributed by atoms with Gasteiger partial charge in [0, 0.05) is 63.0 Å². The second kappa shape index (κ2) is 11.5. The highest BCUT2D eigenvalue weighted by Crippen LogP contribution is 2.46. The first-order valence-corrected chi connectivity index (χ1v) is 22.6. The van der Waals surface area contributed by atoms with Crippen molar-refractivity contribution in [2.24, 2.45) is 0 Å². The standard InChI is InChI=1S/C54H32BN3S2/c1-2-16-33-30(12-1)13-7-19-34(33)37-21-10-26-45-48(37)51-53(59-45)55-50-40(56-51)28-32(57-41-23-5-3-17-35(41)36-18-4-6-24-42(36)57)29-44(50)58-43-25-9-15-31-14-8-20-38(47(31)43)39-22-11-27-46-49(39)52(58)54(55)60-46/h1-8,10-24,26-29,56H,9,25H2. The number of thiophene rings is 2. The lowest BCUT2D eigenvalue weighted by Crippen LogP contribution is -2.57. The smallest absolute Gasteiger partial charge is 0.277 e. The molecule has 12 aromatic rings. The highest BCUT2D eigenvalue weighted by Gasteiger charge is 2.43. The van der Waals surface area contributed by atoms with Crippen LogP contribution in [-0.4, -0.2) is 15.8 Å². The van der Waals surface area contributed by atoms with Gasteiger partial charge < -0.3 is 14.5 Å². The maximum absolute atomic E-state index is 4.24. The molecule has 0 saturated carbocycles. The Labute approximate surface area is 352 Å². The van der Waals surface area contributed by atoms with Crippen LogP contribution in [0.25, 0.3) is 103 Å². The van der Waals surface area contributed by atoms with Crippen LogP contribution < -0.4 is 25.6 Å². The van der Waals surface area contributed by atoms with Gasteiger partial charge in [-0.1, -0.05) is 127 Å². The van der Waals surface area contributed by atoms with Gasteiger partial charge in [-0.2, -0.15) is 0 Å². The van der Waals surface area contributed by atoms with E-state index >= 15 is 0 Å². The van der Waals surface area contributed by atoms with Crippen LogP contribution in [0.4, 0.5) is 11.4 Å². The molecule has 2 aliphatic heterocycles. The number of fused-ring (bicyclic) bond motifs is 12. The molecule has 1 aliphatic carbocycles. The molecule has 15 rings (SSSR count). The Bertz CT molecular complexity index is 3950. The summed E-state index contributed by atoms with van der Waals surface area (Å²) in [5.74, 6) is 0. The van der Waals surface area contributed by atoms with E-state index in [1.807, 2.05) is 22.7 Å². The third kappa shape index (κ3) is 3.96. The van der Waals surface area contributed by atoms with Crippen LogP contribution in [0.3, 0.4) is 0 Å². The van der Waals surface area contributed by atoms with Crippen molar-refractivity contribution in [3.05, 3.63) is 169 Å². The third-order valence-electron chi connectivity index (χ3n) is 13.7. The highest BCUT2D eigenvalue weighted by molar-refractivity contribution is 7.41. The van der Waals surface area contributed by atoms with Gasteiger partial charge in [-0.15, -0.1) is 22.7 Å². The van der Waals surface area contributed by atoms with Crippen molar-refractivity contribution < 1.29 is 0 Å². The van der Waals surface area contributed by atoms with Crippen LogP contribution in [0.5, 0.6) is 0 Å². The molecular formula is C54H32BN3S2. The van der Waals surface area contributed by atoms with Gasteiger partial charge in [0.1, 0.15) is 0 Å². The van der Waals surface area contributed by atoms with Gasteiger partial charge in [0.05, 0.1) is 27.9 Å². The van der Waals surface area contributed by atoms with E-state index in [4.69, 9.17) is 0 Å². The Kier molecular flexibility index (Phi) is 6.12. The molecule has 0 radical (unpaired) electrons. The maximum atomic E-state index is 4.24. The number of nitrogens with one attached hydrogen (secondary N) is 1. The number of aromatic nitrogens is 2. The molecule has 6 heteroatoms. The number of benzene rings is 8. The quantitative estimate of drug-likeness (QED) is 0.173. The topological polar surface area (TPSA) is 21.9 Å². The monoisotopic (exact) mass is 797 g/mol. The largest absolute Gasteiger partial charge is 0.355 e. The van der Waals surface area contributed by atoms with Gasteiger partial charge in [-0.25, -0.2) is 0 Å². The van der Waals surface area contributed by atoms with Crippen molar-refractivity contribution in [3.63, 3.8) is 0 Å². The molecule has 0 amide bonds. The van der Waals surface area contributed by atoms with E-state index < -0.39 is 0 Å². The Morgan fingerprint density at radius 2 is 1.18 bits per heavy atom. The zero-order valence-corrected chi connectivity index (χ0v) is 33.9. The van der Waals surface area contributed by atoms with Crippen molar-refractivity contribution in [1.29, 1.82) is 0 Å². The summed E-state index contributed by atoms with van der Waals surface area (Å²) in [7, 11) is 0. The van der Waals surface area contributed by atoms with Gasteiger partial charge in [0.2, 0.25) is 0 Å². The van der Waals surface area contributed by atoms with Crippen LogP contribution in [0, 0.1) is 0 Å². The average molecular weight is 798 g/mol. The normalized spacial score (nSPS) is 13.8. The van der Waals surface area contributed by atoms with Crippen LogP contribution in [0.1, 0.15) is 12.1 Å². The lowest BCUT2D eigenvalue weighted by molar-refractivity contribution is 0.913. The number of aryl methyl sites for hydroxylation is 1. The molecule has 3 nitrogen and oxygen atoms in total. The number of para-hydroxylation sites is 2. The van der Waals surface area contributed by atoms with Crippen LogP contribution in [0.2, 0.25) is 0 Å². The Morgan fingerprint density at radius 3 is 2.03 bits per heavy atom. The lowest BCUT2D eigenvalue weighted by atomic mass is 9.39. The summed E-state index contributed by atoms with van der Waals surface area (Å²) in [5, 5.41) is 17.5. The first kappa shape index (κ1) is 32.1. The maximum Gasteiger partial charge on any atom is 0.277 e. The number of hydrogen-bond donors (Lipinski definition) is 1. The molecule has 0 spiro atoms. The summed E-state index contributed by atoms with van der Waals surface area (Å²) in [4.78, 5) is 0. The molecule has 8 aromatic carbocycles. The zero-order chi connectivity index (χ0) is 38.8. The fourth-order valence-corrected chi connectivity index (χ4v) is 14.1. The SMILES string of the molecule is C1=c2cccc3c2c(n2c4c(sc5cccc3c54)B3c4sc5cccc(-c6cccc7ccccc67)c5c4Nc4cc(-n5c6ccccc6c6ccccc65)cc-2c43)CC1. The minimum Gasteiger partial charge on any atom is -0.355 e. The molecule has 0 unspecified atom stereocenters. The molecule has 1 N–H and O–H groups in total. The van der Waals surface area contributed by atoms with Crippen molar-refractivity contribution in [2.75, 3.05) is 5.32 Å². The molecule has 60 heavy (non-hydrogen) atoms. The molecule has 6 heterocycles. The molecule has 0 bridgehead atoms. The Hall–Kier alpha value is -6.86. The summed E-state index contributed by atoms with van der Waals surface area (Å²) in [5.41, 5.74) is 14.1. The van der Waals surface area contributed by atoms with Gasteiger partial charge in [-0.05, 0) is 92.6 Å². The number of rotatable bonds is 2. The Balaban J connectivity index is 1.13. The van der Waals surface area contributed by atoms with E-state index in [9.17, 15) is 0 Å². The number of anilines is 2. The molecule has 0 fully saturated rings. The number of nitrogens with zero attached hydrogens (tertiary/aromatic N) is 2. The highest BCUT2D eigenvalue weighted by atomic mass is 32.1. The minimum atomic E-state index is 0.0872. The molecule has 0 atom stereocenters. The molecule has 0 saturated heterocycles. The number of hydrogen-bond acceptors (Lipinski definition) is 3. The summed E-state index contributed by atoms with van der Waals surface area (Å²) >= 11 is 3.98. The van der Waals surface area contributed by atoms with E-state index in [-0.39, 0.29) is 6.71 Å². The summed E-state index contributed by atoms with van der Waals surface area (Å²) in [6, 6.07) is 59.3.